The number of halogens is 1. The van der Waals surface area contributed by atoms with Crippen molar-refractivity contribution in [3.05, 3.63) is 74.3 Å². The predicted molar refractivity (Wildman–Crippen MR) is 91.2 cm³/mol. The second-order valence-corrected chi connectivity index (χ2v) is 5.54. The van der Waals surface area contributed by atoms with Gasteiger partial charge in [0.2, 0.25) is 0 Å². The van der Waals surface area contributed by atoms with Gasteiger partial charge in [0.25, 0.3) is 5.69 Å². The van der Waals surface area contributed by atoms with Crippen LogP contribution in [-0.2, 0) is 11.4 Å². The number of hydrazone groups is 1. The van der Waals surface area contributed by atoms with Crippen molar-refractivity contribution in [1.29, 1.82) is 0 Å². The van der Waals surface area contributed by atoms with Gasteiger partial charge in [0.15, 0.2) is 5.84 Å². The number of amidine groups is 1. The Kier molecular flexibility index (Phi) is 4.43. The number of oxime groups is 1. The summed E-state index contributed by atoms with van der Waals surface area (Å²) in [5.41, 5.74) is 2.60. The first-order chi connectivity index (χ1) is 11.5. The highest BCUT2D eigenvalue weighted by atomic mass is 35.5. The summed E-state index contributed by atoms with van der Waals surface area (Å²) in [6.07, 6.45) is 1.59. The minimum atomic E-state index is -0.443. The maximum absolute atomic E-state index is 10.7. The molecule has 0 atom stereocenters. The maximum Gasteiger partial charge on any atom is 0.269 e. The molecule has 3 rings (SSSR count). The van der Waals surface area contributed by atoms with Crippen molar-refractivity contribution < 1.29 is 9.76 Å². The minimum Gasteiger partial charge on any atom is -0.389 e. The van der Waals surface area contributed by atoms with E-state index in [1.165, 1.54) is 12.1 Å². The summed E-state index contributed by atoms with van der Waals surface area (Å²) in [6, 6.07) is 11.6. The molecular formula is C16H13ClN4O3. The lowest BCUT2D eigenvalue weighted by Gasteiger charge is -2.21. The molecule has 122 valence electrons. The first-order valence-corrected chi connectivity index (χ1v) is 7.43. The van der Waals surface area contributed by atoms with Crippen molar-refractivity contribution in [3.63, 3.8) is 0 Å². The third-order valence-electron chi connectivity index (χ3n) is 3.47. The summed E-state index contributed by atoms with van der Waals surface area (Å²) < 4.78 is 0. The third kappa shape index (κ3) is 3.36. The smallest absolute Gasteiger partial charge is 0.269 e. The molecule has 1 heterocycles. The second kappa shape index (κ2) is 6.67. The molecule has 0 radical (unpaired) electrons. The average Bonchev–Trinajstić information content (AvgIpc) is 2.59. The first kappa shape index (κ1) is 15.9. The predicted octanol–water partition coefficient (Wildman–Crippen LogP) is 3.41. The van der Waals surface area contributed by atoms with Gasteiger partial charge in [0, 0.05) is 35.3 Å². The van der Waals surface area contributed by atoms with Crippen molar-refractivity contribution in [2.75, 3.05) is 7.05 Å². The van der Waals surface area contributed by atoms with E-state index in [2.05, 4.69) is 10.3 Å². The van der Waals surface area contributed by atoms with Gasteiger partial charge in [0.05, 0.1) is 11.1 Å². The first-order valence-electron chi connectivity index (χ1n) is 7.05. The van der Waals surface area contributed by atoms with Crippen molar-refractivity contribution >= 4 is 29.3 Å². The zero-order valence-corrected chi connectivity index (χ0v) is 13.5. The van der Waals surface area contributed by atoms with Crippen LogP contribution in [0.1, 0.15) is 16.7 Å². The van der Waals surface area contributed by atoms with Crippen molar-refractivity contribution in [3.8, 4) is 0 Å². The fourth-order valence-corrected chi connectivity index (χ4v) is 2.39. The van der Waals surface area contributed by atoms with Crippen LogP contribution in [-0.4, -0.2) is 29.0 Å². The van der Waals surface area contributed by atoms with Crippen LogP contribution in [0.3, 0.4) is 0 Å². The summed E-state index contributed by atoms with van der Waals surface area (Å²) in [4.78, 5) is 15.4. The molecule has 0 saturated carbocycles. The van der Waals surface area contributed by atoms with Gasteiger partial charge in [-0.15, -0.1) is 0 Å². The van der Waals surface area contributed by atoms with Crippen LogP contribution in [0.15, 0.2) is 52.7 Å². The number of nitrogens with zero attached hydrogens (tertiary/aromatic N) is 4. The zero-order chi connectivity index (χ0) is 17.1. The van der Waals surface area contributed by atoms with E-state index in [-0.39, 0.29) is 5.69 Å². The molecule has 0 fully saturated rings. The van der Waals surface area contributed by atoms with E-state index in [1.807, 2.05) is 12.1 Å². The largest absolute Gasteiger partial charge is 0.389 e. The quantitative estimate of drug-likeness (QED) is 0.485. The molecule has 7 nitrogen and oxygen atoms in total. The zero-order valence-electron chi connectivity index (χ0n) is 12.7. The highest BCUT2D eigenvalue weighted by Crippen LogP contribution is 2.22. The van der Waals surface area contributed by atoms with Crippen LogP contribution in [0.4, 0.5) is 5.69 Å². The average molecular weight is 345 g/mol. The Bertz CT molecular complexity index is 834. The maximum atomic E-state index is 10.7. The molecule has 0 saturated heterocycles. The molecule has 24 heavy (non-hydrogen) atoms. The molecule has 8 heteroatoms. The van der Waals surface area contributed by atoms with E-state index in [1.54, 1.807) is 36.5 Å². The van der Waals surface area contributed by atoms with Gasteiger partial charge in [-0.3, -0.25) is 10.1 Å². The third-order valence-corrected chi connectivity index (χ3v) is 3.71. The second-order valence-electron chi connectivity index (χ2n) is 5.11. The highest BCUT2D eigenvalue weighted by molar-refractivity contribution is 6.31. The summed E-state index contributed by atoms with van der Waals surface area (Å²) in [5, 5.41) is 21.2. The van der Waals surface area contributed by atoms with Crippen molar-refractivity contribution in [2.45, 2.75) is 6.61 Å². The number of nitro groups is 1. The lowest BCUT2D eigenvalue weighted by Crippen LogP contribution is -2.26. The molecule has 0 aliphatic carbocycles. The van der Waals surface area contributed by atoms with Crippen LogP contribution >= 0.6 is 11.6 Å². The minimum absolute atomic E-state index is 0.0362. The van der Waals surface area contributed by atoms with Gasteiger partial charge in [-0.05, 0) is 29.8 Å². The van der Waals surface area contributed by atoms with Crippen LogP contribution in [0.25, 0.3) is 0 Å². The molecule has 1 aliphatic rings. The summed E-state index contributed by atoms with van der Waals surface area (Å²) in [5.74, 6) is 0.539. The number of hydrogen-bond acceptors (Lipinski definition) is 6. The molecule has 2 aromatic carbocycles. The Morgan fingerprint density at radius 1 is 1.33 bits per heavy atom. The lowest BCUT2D eigenvalue weighted by atomic mass is 10.1. The molecule has 2 aromatic rings. The number of benzene rings is 2. The van der Waals surface area contributed by atoms with E-state index in [4.69, 9.17) is 16.4 Å². The van der Waals surface area contributed by atoms with E-state index < -0.39 is 4.92 Å². The van der Waals surface area contributed by atoms with Gasteiger partial charge >= 0.3 is 0 Å². The van der Waals surface area contributed by atoms with Crippen LogP contribution < -0.4 is 0 Å². The van der Waals surface area contributed by atoms with E-state index in [0.29, 0.717) is 17.5 Å². The topological polar surface area (TPSA) is 80.3 Å². The van der Waals surface area contributed by atoms with Crippen molar-refractivity contribution in [1.82, 2.24) is 5.01 Å². The molecule has 1 aliphatic heterocycles. The van der Waals surface area contributed by atoms with Crippen molar-refractivity contribution in [2.24, 2.45) is 10.3 Å². The summed E-state index contributed by atoms with van der Waals surface area (Å²) in [6.45, 7) is 0.385. The molecule has 0 unspecified atom stereocenters. The number of non-ortho nitro benzene ring substituents is 1. The number of nitro benzene ring substituents is 1. The van der Waals surface area contributed by atoms with Crippen LogP contribution in [0, 0.1) is 10.1 Å². The van der Waals surface area contributed by atoms with Crippen LogP contribution in [0.5, 0.6) is 0 Å². The normalized spacial score (nSPS) is 13.2. The Morgan fingerprint density at radius 3 is 2.79 bits per heavy atom. The van der Waals surface area contributed by atoms with Gasteiger partial charge in [0.1, 0.15) is 6.61 Å². The fraction of sp³-hybridized carbons (Fsp3) is 0.125. The molecule has 0 N–H and O–H groups in total. The van der Waals surface area contributed by atoms with E-state index in [9.17, 15) is 10.1 Å². The fourth-order valence-electron chi connectivity index (χ4n) is 2.22. The number of hydrogen-bond donors (Lipinski definition) is 0. The van der Waals surface area contributed by atoms with Crippen LogP contribution in [0.2, 0.25) is 5.02 Å². The Labute approximate surface area is 142 Å². The van der Waals surface area contributed by atoms with Gasteiger partial charge in [-0.2, -0.15) is 5.10 Å². The molecule has 0 amide bonds. The standard InChI is InChI=1S/C16H13ClN4O3/c1-20(18-9-11-2-6-14(7-3-11)21(22)23)16-15-8-13(17)5-4-12(15)10-24-19-16/h2-9H,10H2,1H3. The molecule has 0 spiro atoms. The Hall–Kier alpha value is -2.93. The van der Waals surface area contributed by atoms with Gasteiger partial charge < -0.3 is 4.84 Å². The summed E-state index contributed by atoms with van der Waals surface area (Å²) >= 11 is 6.05. The molecular weight excluding hydrogens is 332 g/mol. The number of fused-ring (bicyclic) bond motifs is 1. The van der Waals surface area contributed by atoms with Gasteiger partial charge in [-0.25, -0.2) is 5.01 Å². The SMILES string of the molecule is CN(N=Cc1ccc([N+](=O)[O-])cc1)C1=NOCc2ccc(Cl)cc21. The van der Waals surface area contributed by atoms with Gasteiger partial charge in [-0.1, -0.05) is 22.8 Å². The van der Waals surface area contributed by atoms with E-state index in [0.717, 1.165) is 16.7 Å². The highest BCUT2D eigenvalue weighted by Gasteiger charge is 2.19. The van der Waals surface area contributed by atoms with E-state index >= 15 is 0 Å². The molecule has 0 bridgehead atoms. The summed E-state index contributed by atoms with van der Waals surface area (Å²) in [7, 11) is 1.74. The monoisotopic (exact) mass is 344 g/mol. The molecule has 0 aromatic heterocycles. The Morgan fingerprint density at radius 2 is 2.08 bits per heavy atom. The lowest BCUT2D eigenvalue weighted by molar-refractivity contribution is -0.384. The Balaban J connectivity index is 1.80. The number of rotatable bonds is 3.